The van der Waals surface area contributed by atoms with E-state index in [-0.39, 0.29) is 0 Å². The summed E-state index contributed by atoms with van der Waals surface area (Å²) >= 11 is 0. The van der Waals surface area contributed by atoms with Gasteiger partial charge in [-0.3, -0.25) is 0 Å². The summed E-state index contributed by atoms with van der Waals surface area (Å²) in [5, 5.41) is 0. The van der Waals surface area contributed by atoms with Crippen molar-refractivity contribution in [1.29, 1.82) is 0 Å². The van der Waals surface area contributed by atoms with Crippen molar-refractivity contribution in [3.8, 4) is 0 Å². The van der Waals surface area contributed by atoms with E-state index in [9.17, 15) is 0 Å². The molecule has 0 heterocycles. The Hall–Kier alpha value is 0. The van der Waals surface area contributed by atoms with E-state index in [1.165, 1.54) is 116 Å². The molecule has 0 atom stereocenters. The number of hydrogen-bond donors (Lipinski definition) is 0. The molecule has 0 nitrogen and oxygen atoms in total. The van der Waals surface area contributed by atoms with Crippen LogP contribution in [0.15, 0.2) is 0 Å². The molecule has 0 aromatic rings. The highest BCUT2D eigenvalue weighted by Gasteiger charge is 2.11. The van der Waals surface area contributed by atoms with Crippen molar-refractivity contribution in [3.05, 3.63) is 6.42 Å². The number of unbranched alkanes of at least 4 members (excludes halogenated alkanes) is 11. The second-order valence-corrected chi connectivity index (χ2v) is 7.31. The third-order valence-corrected chi connectivity index (χ3v) is 5.21. The zero-order chi connectivity index (χ0) is 15.0. The highest BCUT2D eigenvalue weighted by molar-refractivity contribution is 4.78. The Bertz CT molecular complexity index is 188. The first-order valence-corrected chi connectivity index (χ1v) is 10.3. The minimum atomic E-state index is 0.968. The van der Waals surface area contributed by atoms with Gasteiger partial charge in [0.2, 0.25) is 0 Å². The van der Waals surface area contributed by atoms with Crippen LogP contribution in [-0.2, 0) is 0 Å². The SMILES string of the molecule is CCCCCCCCCCCCC[CH]C1CCCCCC1. The molecule has 0 spiro atoms. The van der Waals surface area contributed by atoms with Gasteiger partial charge in [-0.1, -0.05) is 116 Å². The fourth-order valence-electron chi connectivity index (χ4n) is 3.71. The lowest BCUT2D eigenvalue weighted by molar-refractivity contribution is 0.491. The molecule has 1 fully saturated rings. The third-order valence-electron chi connectivity index (χ3n) is 5.21. The standard InChI is InChI=1S/C21H41/c1-2-3-4-5-6-7-8-9-10-11-12-15-18-21-19-16-13-14-17-20-21/h18,21H,2-17,19-20H2,1H3. The lowest BCUT2D eigenvalue weighted by Gasteiger charge is -2.12. The van der Waals surface area contributed by atoms with Crippen LogP contribution in [-0.4, -0.2) is 0 Å². The van der Waals surface area contributed by atoms with Crippen LogP contribution in [0, 0.1) is 12.3 Å². The van der Waals surface area contributed by atoms with Crippen molar-refractivity contribution in [3.63, 3.8) is 0 Å². The number of rotatable bonds is 13. The van der Waals surface area contributed by atoms with Crippen LogP contribution >= 0.6 is 0 Å². The van der Waals surface area contributed by atoms with Crippen LogP contribution < -0.4 is 0 Å². The Labute approximate surface area is 135 Å². The molecule has 0 saturated heterocycles. The smallest absolute Gasteiger partial charge is 0.0355 e. The second kappa shape index (κ2) is 14.9. The average molecular weight is 294 g/mol. The Balaban J connectivity index is 1.74. The van der Waals surface area contributed by atoms with Crippen LogP contribution in [0.5, 0.6) is 0 Å². The van der Waals surface area contributed by atoms with E-state index in [1.54, 1.807) is 0 Å². The van der Waals surface area contributed by atoms with Gasteiger partial charge in [-0.25, -0.2) is 0 Å². The highest BCUT2D eigenvalue weighted by Crippen LogP contribution is 2.26. The molecule has 0 aromatic heterocycles. The van der Waals surface area contributed by atoms with Crippen molar-refractivity contribution in [1.82, 2.24) is 0 Å². The Morgan fingerprint density at radius 1 is 0.619 bits per heavy atom. The molecule has 1 saturated carbocycles. The first-order valence-electron chi connectivity index (χ1n) is 10.3. The van der Waals surface area contributed by atoms with Gasteiger partial charge in [-0.05, 0) is 18.8 Å². The predicted molar refractivity (Wildman–Crippen MR) is 96.6 cm³/mol. The lowest BCUT2D eigenvalue weighted by Crippen LogP contribution is -1.99. The molecule has 0 aliphatic heterocycles. The molecule has 1 radical (unpaired) electrons. The van der Waals surface area contributed by atoms with Gasteiger partial charge in [0.25, 0.3) is 0 Å². The molecule has 125 valence electrons. The largest absolute Gasteiger partial charge is 0.0654 e. The van der Waals surface area contributed by atoms with E-state index in [0.29, 0.717) is 0 Å². The second-order valence-electron chi connectivity index (χ2n) is 7.31. The van der Waals surface area contributed by atoms with Crippen LogP contribution in [0.1, 0.15) is 122 Å². The lowest BCUT2D eigenvalue weighted by atomic mass is 9.93. The summed E-state index contributed by atoms with van der Waals surface area (Å²) in [6, 6.07) is 0. The Kier molecular flexibility index (Phi) is 13.5. The molecule has 1 aliphatic rings. The van der Waals surface area contributed by atoms with Gasteiger partial charge < -0.3 is 0 Å². The summed E-state index contributed by atoms with van der Waals surface area (Å²) < 4.78 is 0. The van der Waals surface area contributed by atoms with Crippen molar-refractivity contribution < 1.29 is 0 Å². The molecule has 0 N–H and O–H groups in total. The van der Waals surface area contributed by atoms with Gasteiger partial charge >= 0.3 is 0 Å². The average Bonchev–Trinajstić information content (AvgIpc) is 2.77. The molecule has 1 aliphatic carbocycles. The van der Waals surface area contributed by atoms with Crippen LogP contribution in [0.4, 0.5) is 0 Å². The fourth-order valence-corrected chi connectivity index (χ4v) is 3.71. The fraction of sp³-hybridized carbons (Fsp3) is 0.952. The monoisotopic (exact) mass is 293 g/mol. The van der Waals surface area contributed by atoms with E-state index in [2.05, 4.69) is 13.3 Å². The highest BCUT2D eigenvalue weighted by atomic mass is 14.2. The maximum absolute atomic E-state index is 2.67. The maximum Gasteiger partial charge on any atom is -0.0355 e. The van der Waals surface area contributed by atoms with Gasteiger partial charge in [0, 0.05) is 0 Å². The van der Waals surface area contributed by atoms with Crippen LogP contribution in [0.3, 0.4) is 0 Å². The molecular formula is C21H41. The van der Waals surface area contributed by atoms with E-state index < -0.39 is 0 Å². The Morgan fingerprint density at radius 3 is 1.62 bits per heavy atom. The molecule has 0 unspecified atom stereocenters. The van der Waals surface area contributed by atoms with Crippen LogP contribution in [0.25, 0.3) is 0 Å². The van der Waals surface area contributed by atoms with Crippen molar-refractivity contribution in [2.45, 2.75) is 122 Å². The van der Waals surface area contributed by atoms with Gasteiger partial charge in [0.1, 0.15) is 0 Å². The van der Waals surface area contributed by atoms with Gasteiger partial charge in [0.15, 0.2) is 0 Å². The van der Waals surface area contributed by atoms with E-state index in [1.807, 2.05) is 0 Å². The molecule has 21 heavy (non-hydrogen) atoms. The maximum atomic E-state index is 2.67. The van der Waals surface area contributed by atoms with Crippen LogP contribution in [0.2, 0.25) is 0 Å². The van der Waals surface area contributed by atoms with Gasteiger partial charge in [-0.2, -0.15) is 0 Å². The topological polar surface area (TPSA) is 0 Å². The molecule has 1 rings (SSSR count). The minimum Gasteiger partial charge on any atom is -0.0654 e. The summed E-state index contributed by atoms with van der Waals surface area (Å²) in [5.74, 6) is 0.968. The molecular weight excluding hydrogens is 252 g/mol. The van der Waals surface area contributed by atoms with E-state index >= 15 is 0 Å². The quantitative estimate of drug-likeness (QED) is 0.239. The van der Waals surface area contributed by atoms with Gasteiger partial charge in [0.05, 0.1) is 0 Å². The van der Waals surface area contributed by atoms with Crippen molar-refractivity contribution in [2.75, 3.05) is 0 Å². The number of hydrogen-bond acceptors (Lipinski definition) is 0. The third kappa shape index (κ3) is 12.2. The summed E-state index contributed by atoms with van der Waals surface area (Å²) in [6.45, 7) is 2.30. The van der Waals surface area contributed by atoms with Gasteiger partial charge in [-0.15, -0.1) is 0 Å². The molecule has 0 bridgehead atoms. The van der Waals surface area contributed by atoms with Crippen molar-refractivity contribution >= 4 is 0 Å². The zero-order valence-electron chi connectivity index (χ0n) is 14.9. The minimum absolute atomic E-state index is 0.968. The molecule has 0 amide bonds. The summed E-state index contributed by atoms with van der Waals surface area (Å²) in [5.41, 5.74) is 0. The normalized spacial score (nSPS) is 17.0. The van der Waals surface area contributed by atoms with Crippen molar-refractivity contribution in [2.24, 2.45) is 5.92 Å². The zero-order valence-corrected chi connectivity index (χ0v) is 14.9. The summed E-state index contributed by atoms with van der Waals surface area (Å²) in [4.78, 5) is 0. The molecule has 0 aromatic carbocycles. The molecule has 0 heteroatoms. The first kappa shape index (κ1) is 19.0. The predicted octanol–water partition coefficient (Wildman–Crippen LogP) is 7.86. The summed E-state index contributed by atoms with van der Waals surface area (Å²) in [6.07, 6.45) is 29.1. The van der Waals surface area contributed by atoms with E-state index in [4.69, 9.17) is 0 Å². The summed E-state index contributed by atoms with van der Waals surface area (Å²) in [7, 11) is 0. The first-order chi connectivity index (χ1) is 10.4. The van der Waals surface area contributed by atoms with E-state index in [0.717, 1.165) is 5.92 Å². The Morgan fingerprint density at radius 2 is 1.10 bits per heavy atom.